The maximum absolute atomic E-state index is 13.4. The van der Waals surface area contributed by atoms with Gasteiger partial charge >= 0.3 is 0 Å². The smallest absolute Gasteiger partial charge is 0.123 e. The van der Waals surface area contributed by atoms with E-state index >= 15 is 0 Å². The van der Waals surface area contributed by atoms with Crippen LogP contribution in [0, 0.1) is 5.82 Å². The molecule has 0 aromatic heterocycles. The summed E-state index contributed by atoms with van der Waals surface area (Å²) >= 11 is 0. The minimum absolute atomic E-state index is 0.240. The molecule has 0 aliphatic carbocycles. The Balaban J connectivity index is 2.29. The monoisotopic (exact) mass is 259 g/mol. The predicted octanol–water partition coefficient (Wildman–Crippen LogP) is 3.14. The molecule has 0 unspecified atom stereocenters. The van der Waals surface area contributed by atoms with E-state index in [4.69, 9.17) is 10.5 Å². The Hall–Kier alpha value is -1.71. The summed E-state index contributed by atoms with van der Waals surface area (Å²) < 4.78 is 18.4. The van der Waals surface area contributed by atoms with Gasteiger partial charge in [0.05, 0.1) is 6.61 Å². The maximum atomic E-state index is 13.4. The topological polar surface area (TPSA) is 35.2 Å². The lowest BCUT2D eigenvalue weighted by atomic mass is 9.98. The average Bonchev–Trinajstić information content (AvgIpc) is 2.45. The van der Waals surface area contributed by atoms with Crippen molar-refractivity contribution in [2.75, 3.05) is 13.7 Å². The van der Waals surface area contributed by atoms with Crippen molar-refractivity contribution in [3.63, 3.8) is 0 Å². The Bertz CT molecular complexity index is 537. The number of benzene rings is 2. The second-order valence-corrected chi connectivity index (χ2v) is 4.45. The second-order valence-electron chi connectivity index (χ2n) is 4.45. The first-order valence-corrected chi connectivity index (χ1v) is 6.31. The molecule has 0 saturated heterocycles. The third-order valence-corrected chi connectivity index (χ3v) is 3.15. The van der Waals surface area contributed by atoms with E-state index in [9.17, 15) is 4.39 Å². The molecule has 0 aliphatic heterocycles. The first kappa shape index (κ1) is 13.7. The molecule has 0 heterocycles. The van der Waals surface area contributed by atoms with E-state index in [1.807, 2.05) is 24.3 Å². The average molecular weight is 259 g/mol. The van der Waals surface area contributed by atoms with E-state index in [1.54, 1.807) is 13.2 Å². The SMILES string of the molecule is COCCc1ccc(-c2cc(F)ccc2CN)cc1. The van der Waals surface area contributed by atoms with Crippen LogP contribution in [0.25, 0.3) is 11.1 Å². The van der Waals surface area contributed by atoms with Crippen molar-refractivity contribution in [3.8, 4) is 11.1 Å². The number of nitrogens with two attached hydrogens (primary N) is 1. The molecule has 2 aromatic carbocycles. The summed E-state index contributed by atoms with van der Waals surface area (Å²) in [5, 5.41) is 0. The highest BCUT2D eigenvalue weighted by molar-refractivity contribution is 5.67. The van der Waals surface area contributed by atoms with Crippen molar-refractivity contribution >= 4 is 0 Å². The second kappa shape index (κ2) is 6.45. The van der Waals surface area contributed by atoms with Crippen LogP contribution >= 0.6 is 0 Å². The highest BCUT2D eigenvalue weighted by Gasteiger charge is 2.05. The van der Waals surface area contributed by atoms with Crippen molar-refractivity contribution in [1.82, 2.24) is 0 Å². The number of rotatable bonds is 5. The fourth-order valence-electron chi connectivity index (χ4n) is 2.07. The van der Waals surface area contributed by atoms with Crippen molar-refractivity contribution in [1.29, 1.82) is 0 Å². The maximum Gasteiger partial charge on any atom is 0.123 e. The van der Waals surface area contributed by atoms with Gasteiger partial charge in [-0.25, -0.2) is 4.39 Å². The fourth-order valence-corrected chi connectivity index (χ4v) is 2.07. The Morgan fingerprint density at radius 1 is 1.11 bits per heavy atom. The molecule has 0 spiro atoms. The van der Waals surface area contributed by atoms with Gasteiger partial charge in [-0.3, -0.25) is 0 Å². The van der Waals surface area contributed by atoms with Gasteiger partial charge in [-0.1, -0.05) is 30.3 Å². The van der Waals surface area contributed by atoms with Crippen LogP contribution in [0.3, 0.4) is 0 Å². The summed E-state index contributed by atoms with van der Waals surface area (Å²) in [6.07, 6.45) is 0.879. The van der Waals surface area contributed by atoms with Crippen LogP contribution < -0.4 is 5.73 Å². The van der Waals surface area contributed by atoms with Crippen LogP contribution in [-0.4, -0.2) is 13.7 Å². The number of methoxy groups -OCH3 is 1. The van der Waals surface area contributed by atoms with E-state index in [2.05, 4.69) is 0 Å². The molecule has 2 rings (SSSR count). The molecule has 3 heteroatoms. The summed E-state index contributed by atoms with van der Waals surface area (Å²) in [7, 11) is 1.69. The lowest BCUT2D eigenvalue weighted by molar-refractivity contribution is 0.202. The lowest BCUT2D eigenvalue weighted by Gasteiger charge is -2.09. The normalized spacial score (nSPS) is 10.7. The number of halogens is 1. The molecule has 0 amide bonds. The van der Waals surface area contributed by atoms with E-state index in [-0.39, 0.29) is 5.82 Å². The van der Waals surface area contributed by atoms with Gasteiger partial charge in [-0.2, -0.15) is 0 Å². The van der Waals surface area contributed by atoms with E-state index in [1.165, 1.54) is 17.7 Å². The largest absolute Gasteiger partial charge is 0.384 e. The van der Waals surface area contributed by atoms with Crippen LogP contribution in [0.2, 0.25) is 0 Å². The van der Waals surface area contributed by atoms with Gasteiger partial charge in [0.25, 0.3) is 0 Å². The van der Waals surface area contributed by atoms with Crippen LogP contribution in [0.4, 0.5) is 4.39 Å². The van der Waals surface area contributed by atoms with Crippen LogP contribution in [0.1, 0.15) is 11.1 Å². The fraction of sp³-hybridized carbons (Fsp3) is 0.250. The van der Waals surface area contributed by atoms with E-state index in [0.717, 1.165) is 23.1 Å². The molecule has 2 N–H and O–H groups in total. The molecule has 0 fully saturated rings. The quantitative estimate of drug-likeness (QED) is 0.895. The molecule has 2 nitrogen and oxygen atoms in total. The Morgan fingerprint density at radius 2 is 1.84 bits per heavy atom. The molecule has 19 heavy (non-hydrogen) atoms. The van der Waals surface area contributed by atoms with Crippen molar-refractivity contribution in [2.24, 2.45) is 5.73 Å². The zero-order chi connectivity index (χ0) is 13.7. The molecule has 2 aromatic rings. The molecule has 0 bridgehead atoms. The molecule has 0 saturated carbocycles. The molecular formula is C16H18FNO. The number of ether oxygens (including phenoxy) is 1. The van der Waals surface area contributed by atoms with Gasteiger partial charge in [0.2, 0.25) is 0 Å². The summed E-state index contributed by atoms with van der Waals surface area (Å²) in [5.41, 5.74) is 9.70. The minimum atomic E-state index is -0.240. The summed E-state index contributed by atoms with van der Waals surface area (Å²) in [5.74, 6) is -0.240. The van der Waals surface area contributed by atoms with Gasteiger partial charge in [-0.05, 0) is 40.8 Å². The van der Waals surface area contributed by atoms with Gasteiger partial charge in [0, 0.05) is 13.7 Å². The first-order chi connectivity index (χ1) is 9.24. The summed E-state index contributed by atoms with van der Waals surface area (Å²) in [6, 6.07) is 12.8. The number of hydrogen-bond acceptors (Lipinski definition) is 2. The zero-order valence-corrected chi connectivity index (χ0v) is 11.0. The van der Waals surface area contributed by atoms with E-state index < -0.39 is 0 Å². The third-order valence-electron chi connectivity index (χ3n) is 3.15. The van der Waals surface area contributed by atoms with Crippen LogP contribution in [-0.2, 0) is 17.7 Å². The van der Waals surface area contributed by atoms with Gasteiger partial charge in [0.1, 0.15) is 5.82 Å². The van der Waals surface area contributed by atoms with Gasteiger partial charge < -0.3 is 10.5 Å². The van der Waals surface area contributed by atoms with Crippen molar-refractivity contribution in [2.45, 2.75) is 13.0 Å². The van der Waals surface area contributed by atoms with Crippen molar-refractivity contribution < 1.29 is 9.13 Å². The molecular weight excluding hydrogens is 241 g/mol. The third kappa shape index (κ3) is 3.40. The summed E-state index contributed by atoms with van der Waals surface area (Å²) in [4.78, 5) is 0. The lowest BCUT2D eigenvalue weighted by Crippen LogP contribution is -2.00. The van der Waals surface area contributed by atoms with Gasteiger partial charge in [0.15, 0.2) is 0 Å². The highest BCUT2D eigenvalue weighted by Crippen LogP contribution is 2.25. The van der Waals surface area contributed by atoms with Crippen molar-refractivity contribution in [3.05, 3.63) is 59.4 Å². The van der Waals surface area contributed by atoms with Gasteiger partial charge in [-0.15, -0.1) is 0 Å². The Kier molecular flexibility index (Phi) is 4.66. The molecule has 0 aliphatic rings. The molecule has 100 valence electrons. The standard InChI is InChI=1S/C16H18FNO/c1-19-9-8-12-2-4-13(5-3-12)16-10-15(17)7-6-14(16)11-18/h2-7,10H,8-9,11,18H2,1H3. The number of hydrogen-bond donors (Lipinski definition) is 1. The van der Waals surface area contributed by atoms with E-state index in [0.29, 0.717) is 13.2 Å². The minimum Gasteiger partial charge on any atom is -0.384 e. The summed E-state index contributed by atoms with van der Waals surface area (Å²) in [6.45, 7) is 1.11. The zero-order valence-electron chi connectivity index (χ0n) is 11.0. The van der Waals surface area contributed by atoms with Crippen LogP contribution in [0.5, 0.6) is 0 Å². The van der Waals surface area contributed by atoms with Crippen LogP contribution in [0.15, 0.2) is 42.5 Å². The molecule has 0 atom stereocenters. The first-order valence-electron chi connectivity index (χ1n) is 6.31. The Morgan fingerprint density at radius 3 is 2.47 bits per heavy atom. The predicted molar refractivity (Wildman–Crippen MR) is 75.3 cm³/mol. The Labute approximate surface area is 113 Å². The highest BCUT2D eigenvalue weighted by atomic mass is 19.1. The molecule has 0 radical (unpaired) electrons.